The normalized spacial score (nSPS) is 16.3. The Hall–Kier alpha value is -2.73. The summed E-state index contributed by atoms with van der Waals surface area (Å²) in [6, 6.07) is 13.7. The minimum absolute atomic E-state index is 0.319. The summed E-state index contributed by atoms with van der Waals surface area (Å²) >= 11 is 1.84. The van der Waals surface area contributed by atoms with E-state index in [9.17, 15) is 9.59 Å². The van der Waals surface area contributed by atoms with Gasteiger partial charge in [-0.1, -0.05) is 42.5 Å². The fraction of sp³-hybridized carbons (Fsp3) is 0.304. The number of methoxy groups -OCH3 is 1. The van der Waals surface area contributed by atoms with Crippen LogP contribution < -0.4 is 10.6 Å². The second-order valence-electron chi connectivity index (χ2n) is 7.18. The number of hydrogen-bond acceptors (Lipinski definition) is 4. The number of thioether (sulfide) groups is 1. The molecule has 0 fully saturated rings. The molecule has 1 heterocycles. The lowest BCUT2D eigenvalue weighted by molar-refractivity contribution is -0.136. The minimum atomic E-state index is -0.533. The molecule has 1 aliphatic heterocycles. The molecule has 1 aliphatic rings. The van der Waals surface area contributed by atoms with Crippen LogP contribution in [0.1, 0.15) is 40.8 Å². The van der Waals surface area contributed by atoms with E-state index in [1.165, 1.54) is 23.8 Å². The maximum Gasteiger partial charge on any atom is 0.337 e. The van der Waals surface area contributed by atoms with Gasteiger partial charge in [-0.2, -0.15) is 11.8 Å². The van der Waals surface area contributed by atoms with Crippen molar-refractivity contribution in [1.82, 2.24) is 10.6 Å². The van der Waals surface area contributed by atoms with Gasteiger partial charge in [-0.3, -0.25) is 0 Å². The number of carbonyl (C=O) groups is 2. The molecule has 3 rings (SSSR count). The standard InChI is InChI=1S/C23H26N2O3S/c1-14-10-15(2)19(11-18(14)13-29-12-17-8-6-5-7-9-17)21-20(22(26)28-4)16(3)24-23(27)25-21/h5-11,21H,12-13H2,1-4H3,(H2,24,25,27). The first-order chi connectivity index (χ1) is 13.9. The molecule has 2 N–H and O–H groups in total. The molecule has 0 radical (unpaired) electrons. The number of hydrogen-bond donors (Lipinski definition) is 2. The van der Waals surface area contributed by atoms with Crippen molar-refractivity contribution in [3.05, 3.63) is 81.6 Å². The van der Waals surface area contributed by atoms with E-state index in [1.54, 1.807) is 6.92 Å². The van der Waals surface area contributed by atoms with Crippen molar-refractivity contribution >= 4 is 23.8 Å². The Bertz CT molecular complexity index is 954. The lowest BCUT2D eigenvalue weighted by Gasteiger charge is -2.29. The van der Waals surface area contributed by atoms with Crippen LogP contribution in [0.5, 0.6) is 0 Å². The maximum atomic E-state index is 12.4. The number of esters is 1. The first-order valence-electron chi connectivity index (χ1n) is 9.49. The molecule has 1 atom stereocenters. The molecule has 0 spiro atoms. The van der Waals surface area contributed by atoms with Crippen molar-refractivity contribution in [2.24, 2.45) is 0 Å². The molecule has 29 heavy (non-hydrogen) atoms. The predicted molar refractivity (Wildman–Crippen MR) is 116 cm³/mol. The van der Waals surface area contributed by atoms with Gasteiger partial charge in [-0.05, 0) is 48.6 Å². The van der Waals surface area contributed by atoms with Gasteiger partial charge in [-0.15, -0.1) is 0 Å². The summed E-state index contributed by atoms with van der Waals surface area (Å²) in [4.78, 5) is 24.5. The van der Waals surface area contributed by atoms with Crippen molar-refractivity contribution in [3.63, 3.8) is 0 Å². The third kappa shape index (κ3) is 4.82. The number of benzene rings is 2. The number of rotatable bonds is 6. The summed E-state index contributed by atoms with van der Waals surface area (Å²) in [6.07, 6.45) is 0. The molecule has 2 aromatic carbocycles. The van der Waals surface area contributed by atoms with Crippen LogP contribution >= 0.6 is 11.8 Å². The fourth-order valence-electron chi connectivity index (χ4n) is 3.54. The summed E-state index contributed by atoms with van der Waals surface area (Å²) in [5.41, 5.74) is 6.59. The van der Waals surface area contributed by atoms with Crippen LogP contribution in [0, 0.1) is 13.8 Å². The zero-order valence-electron chi connectivity index (χ0n) is 17.2. The second-order valence-corrected chi connectivity index (χ2v) is 8.16. The van der Waals surface area contributed by atoms with Gasteiger partial charge < -0.3 is 15.4 Å². The molecule has 6 heteroatoms. The van der Waals surface area contributed by atoms with Crippen LogP contribution in [0.3, 0.4) is 0 Å². The van der Waals surface area contributed by atoms with Gasteiger partial charge in [0.2, 0.25) is 0 Å². The monoisotopic (exact) mass is 410 g/mol. The van der Waals surface area contributed by atoms with Crippen molar-refractivity contribution < 1.29 is 14.3 Å². The summed E-state index contributed by atoms with van der Waals surface area (Å²) in [6.45, 7) is 5.82. The molecular formula is C23H26N2O3S. The average Bonchev–Trinajstić information content (AvgIpc) is 2.69. The van der Waals surface area contributed by atoms with Crippen molar-refractivity contribution in [2.75, 3.05) is 7.11 Å². The van der Waals surface area contributed by atoms with Gasteiger partial charge >= 0.3 is 12.0 Å². The highest BCUT2D eigenvalue weighted by atomic mass is 32.2. The van der Waals surface area contributed by atoms with Gasteiger partial charge in [-0.25, -0.2) is 9.59 Å². The van der Waals surface area contributed by atoms with E-state index >= 15 is 0 Å². The molecule has 5 nitrogen and oxygen atoms in total. The molecule has 0 aliphatic carbocycles. The Balaban J connectivity index is 1.88. The zero-order valence-corrected chi connectivity index (χ0v) is 18.0. The third-order valence-corrected chi connectivity index (χ3v) is 6.13. The van der Waals surface area contributed by atoms with Gasteiger partial charge in [0.25, 0.3) is 0 Å². The summed E-state index contributed by atoms with van der Waals surface area (Å²) in [5.74, 6) is 1.34. The van der Waals surface area contributed by atoms with Gasteiger partial charge in [0.15, 0.2) is 0 Å². The minimum Gasteiger partial charge on any atom is -0.466 e. The highest BCUT2D eigenvalue weighted by Gasteiger charge is 2.32. The van der Waals surface area contributed by atoms with E-state index in [2.05, 4.69) is 41.8 Å². The highest BCUT2D eigenvalue weighted by Crippen LogP contribution is 2.32. The number of nitrogens with one attached hydrogen (secondary N) is 2. The SMILES string of the molecule is COC(=O)C1=C(C)NC(=O)NC1c1cc(CSCc2ccccc2)c(C)cc1C. The first kappa shape index (κ1) is 21.0. The molecule has 0 aromatic heterocycles. The lowest BCUT2D eigenvalue weighted by Crippen LogP contribution is -2.45. The van der Waals surface area contributed by atoms with E-state index in [4.69, 9.17) is 4.74 Å². The number of allylic oxidation sites excluding steroid dienone is 1. The Morgan fingerprint density at radius 2 is 1.79 bits per heavy atom. The first-order valence-corrected chi connectivity index (χ1v) is 10.6. The molecule has 2 aromatic rings. The van der Waals surface area contributed by atoms with E-state index < -0.39 is 12.0 Å². The topological polar surface area (TPSA) is 67.4 Å². The second kappa shape index (κ2) is 9.18. The Kier molecular flexibility index (Phi) is 6.64. The van der Waals surface area contributed by atoms with E-state index in [-0.39, 0.29) is 6.03 Å². The predicted octanol–water partition coefficient (Wildman–Crippen LogP) is 4.54. The van der Waals surface area contributed by atoms with Gasteiger partial charge in [0.1, 0.15) is 0 Å². The number of carbonyl (C=O) groups excluding carboxylic acids is 2. The Morgan fingerprint density at radius 1 is 1.07 bits per heavy atom. The van der Waals surface area contributed by atoms with Crippen LogP contribution in [-0.4, -0.2) is 19.1 Å². The summed E-state index contributed by atoms with van der Waals surface area (Å²) < 4.78 is 4.96. The number of amides is 2. The number of urea groups is 1. The molecular weight excluding hydrogens is 384 g/mol. The smallest absolute Gasteiger partial charge is 0.337 e. The summed E-state index contributed by atoms with van der Waals surface area (Å²) in [7, 11) is 1.35. The highest BCUT2D eigenvalue weighted by molar-refractivity contribution is 7.97. The van der Waals surface area contributed by atoms with Crippen LogP contribution in [0.25, 0.3) is 0 Å². The number of ether oxygens (including phenoxy) is 1. The van der Waals surface area contributed by atoms with Crippen LogP contribution in [-0.2, 0) is 21.0 Å². The largest absolute Gasteiger partial charge is 0.466 e. The number of aryl methyl sites for hydroxylation is 2. The Labute approximate surface area is 175 Å². The molecule has 152 valence electrons. The van der Waals surface area contributed by atoms with E-state index in [0.717, 1.165) is 22.6 Å². The van der Waals surface area contributed by atoms with Crippen molar-refractivity contribution in [1.29, 1.82) is 0 Å². The van der Waals surface area contributed by atoms with Crippen molar-refractivity contribution in [2.45, 2.75) is 38.3 Å². The summed E-state index contributed by atoms with van der Waals surface area (Å²) in [5, 5.41) is 5.55. The van der Waals surface area contributed by atoms with Crippen molar-refractivity contribution in [3.8, 4) is 0 Å². The zero-order chi connectivity index (χ0) is 21.0. The molecule has 0 bridgehead atoms. The quantitative estimate of drug-likeness (QED) is 0.686. The van der Waals surface area contributed by atoms with E-state index in [1.807, 2.05) is 36.9 Å². The van der Waals surface area contributed by atoms with Gasteiger partial charge in [0.05, 0.1) is 18.7 Å². The van der Waals surface area contributed by atoms with Crippen LogP contribution in [0.15, 0.2) is 53.7 Å². The lowest BCUT2D eigenvalue weighted by atomic mass is 9.90. The molecule has 2 amide bonds. The molecule has 1 unspecified atom stereocenters. The Morgan fingerprint density at radius 3 is 2.48 bits per heavy atom. The van der Waals surface area contributed by atoms with Crippen LogP contribution in [0.4, 0.5) is 4.79 Å². The molecule has 0 saturated carbocycles. The van der Waals surface area contributed by atoms with E-state index in [0.29, 0.717) is 11.3 Å². The maximum absolute atomic E-state index is 12.4. The fourth-order valence-corrected chi connectivity index (χ4v) is 4.60. The average molecular weight is 411 g/mol. The third-order valence-electron chi connectivity index (χ3n) is 5.08. The van der Waals surface area contributed by atoms with Crippen LogP contribution in [0.2, 0.25) is 0 Å². The van der Waals surface area contributed by atoms with Gasteiger partial charge in [0, 0.05) is 17.2 Å². The molecule has 0 saturated heterocycles.